The van der Waals surface area contributed by atoms with Crippen molar-refractivity contribution in [1.29, 1.82) is 0 Å². The van der Waals surface area contributed by atoms with Crippen molar-refractivity contribution in [2.45, 2.75) is 6.92 Å². The summed E-state index contributed by atoms with van der Waals surface area (Å²) < 4.78 is 9.21. The number of carbonyl (C=O) groups is 1. The maximum absolute atomic E-state index is 11.7. The van der Waals surface area contributed by atoms with Crippen molar-refractivity contribution in [2.75, 3.05) is 5.32 Å². The van der Waals surface area contributed by atoms with Crippen LogP contribution in [0.5, 0.6) is 11.5 Å². The molecule has 10 heteroatoms. The molecule has 0 saturated heterocycles. The second-order valence-electron chi connectivity index (χ2n) is 6.54. The predicted octanol–water partition coefficient (Wildman–Crippen LogP) is 4.00. The molecule has 0 amide bonds. The summed E-state index contributed by atoms with van der Waals surface area (Å²) in [5.74, 6) is 1.84. The number of carbonyl (C=O) groups excluding carboxylic acids is 1. The van der Waals surface area contributed by atoms with Gasteiger partial charge < -0.3 is 10.1 Å². The molecule has 0 spiro atoms. The first-order valence-electron chi connectivity index (χ1n) is 8.95. The lowest BCUT2D eigenvalue weighted by atomic mass is 10.2. The van der Waals surface area contributed by atoms with E-state index in [1.165, 1.54) is 12.7 Å². The highest BCUT2D eigenvalue weighted by Crippen LogP contribution is 2.30. The summed E-state index contributed by atoms with van der Waals surface area (Å²) >= 11 is 5.69. The Hall–Kier alpha value is -3.98. The number of anilines is 2. The van der Waals surface area contributed by atoms with Crippen LogP contribution in [0.25, 0.3) is 11.2 Å². The van der Waals surface area contributed by atoms with Gasteiger partial charge in [0.15, 0.2) is 11.5 Å². The minimum Gasteiger partial charge on any atom is -0.457 e. The molecule has 0 fully saturated rings. The van der Waals surface area contributed by atoms with Crippen LogP contribution < -0.4 is 10.1 Å². The molecule has 30 heavy (non-hydrogen) atoms. The van der Waals surface area contributed by atoms with Gasteiger partial charge in [-0.1, -0.05) is 0 Å². The van der Waals surface area contributed by atoms with E-state index in [0.29, 0.717) is 34.0 Å². The van der Waals surface area contributed by atoms with Gasteiger partial charge in [0.1, 0.15) is 29.7 Å². The number of nitrogens with zero attached hydrogens (tertiary/aromatic N) is 6. The number of halogens is 1. The van der Waals surface area contributed by atoms with Gasteiger partial charge in [-0.15, -0.1) is 0 Å². The highest BCUT2D eigenvalue weighted by atomic mass is 35.5. The topological polar surface area (TPSA) is 98.7 Å². The minimum absolute atomic E-state index is 0.334. The number of benzene rings is 1. The third-order valence-corrected chi connectivity index (χ3v) is 4.79. The minimum atomic E-state index is -0.570. The van der Waals surface area contributed by atoms with Gasteiger partial charge in [0.05, 0.1) is 5.56 Å². The van der Waals surface area contributed by atoms with Crippen molar-refractivity contribution < 1.29 is 9.53 Å². The molecule has 1 aromatic carbocycles. The molecule has 0 aliphatic heterocycles. The number of aryl methyl sites for hydroxylation is 1. The number of rotatable bonds is 5. The van der Waals surface area contributed by atoms with Crippen molar-refractivity contribution in [3.63, 3.8) is 0 Å². The second-order valence-corrected chi connectivity index (χ2v) is 6.88. The fourth-order valence-corrected chi connectivity index (χ4v) is 3.32. The van der Waals surface area contributed by atoms with Crippen LogP contribution in [0.2, 0.25) is 0 Å². The van der Waals surface area contributed by atoms with Crippen LogP contribution in [0.15, 0.2) is 61.4 Å². The Kier molecular flexibility index (Phi) is 4.29. The van der Waals surface area contributed by atoms with Gasteiger partial charge in [-0.25, -0.2) is 19.0 Å². The average Bonchev–Trinajstić information content (AvgIpc) is 3.37. The second kappa shape index (κ2) is 7.12. The van der Waals surface area contributed by atoms with Crippen LogP contribution in [-0.2, 0) is 0 Å². The highest BCUT2D eigenvalue weighted by molar-refractivity contribution is 6.68. The van der Waals surface area contributed by atoms with Crippen molar-refractivity contribution in [1.82, 2.24) is 29.2 Å². The van der Waals surface area contributed by atoms with Gasteiger partial charge >= 0.3 is 0 Å². The molecule has 0 saturated carbocycles. The summed E-state index contributed by atoms with van der Waals surface area (Å²) in [4.78, 5) is 20.1. The molecule has 1 N–H and O–H groups in total. The Labute approximate surface area is 174 Å². The van der Waals surface area contributed by atoms with Crippen molar-refractivity contribution in [3.8, 4) is 11.5 Å². The van der Waals surface area contributed by atoms with Crippen LogP contribution in [0.4, 0.5) is 11.5 Å². The lowest BCUT2D eigenvalue weighted by Gasteiger charge is -2.12. The standard InChI is InChI=1S/C20H14ClN7O2/c1-12-8-13(26-20-18-15(19(21)29)5-7-28(18)25-11-23-20)2-3-16(12)30-14-4-6-27-17(9-14)22-10-24-27/h2-11H,1H3,(H,23,25,26). The molecule has 0 unspecified atom stereocenters. The first kappa shape index (κ1) is 18.1. The molecular weight excluding hydrogens is 406 g/mol. The summed E-state index contributed by atoms with van der Waals surface area (Å²) in [5.41, 5.74) is 3.24. The van der Waals surface area contributed by atoms with Gasteiger partial charge in [-0.3, -0.25) is 4.79 Å². The van der Waals surface area contributed by atoms with Crippen LogP contribution in [0.3, 0.4) is 0 Å². The number of nitrogens with one attached hydrogen (secondary N) is 1. The van der Waals surface area contributed by atoms with Crippen LogP contribution in [0.1, 0.15) is 15.9 Å². The maximum Gasteiger partial charge on any atom is 0.254 e. The molecule has 4 aromatic heterocycles. The maximum atomic E-state index is 11.7. The van der Waals surface area contributed by atoms with E-state index in [4.69, 9.17) is 16.3 Å². The molecule has 0 radical (unpaired) electrons. The number of hydrogen-bond acceptors (Lipinski definition) is 7. The third kappa shape index (κ3) is 3.20. The van der Waals surface area contributed by atoms with Crippen LogP contribution in [0, 0.1) is 6.92 Å². The molecule has 0 aliphatic rings. The van der Waals surface area contributed by atoms with E-state index in [1.54, 1.807) is 27.5 Å². The van der Waals surface area contributed by atoms with Crippen molar-refractivity contribution in [3.05, 3.63) is 72.6 Å². The normalized spacial score (nSPS) is 11.1. The molecule has 4 heterocycles. The average molecular weight is 420 g/mol. The smallest absolute Gasteiger partial charge is 0.254 e. The molecule has 5 rings (SSSR count). The molecule has 0 bridgehead atoms. The fraction of sp³-hybridized carbons (Fsp3) is 0.0500. The van der Waals surface area contributed by atoms with E-state index < -0.39 is 5.24 Å². The number of hydrogen-bond donors (Lipinski definition) is 1. The third-order valence-electron chi connectivity index (χ3n) is 4.58. The van der Waals surface area contributed by atoms with Crippen LogP contribution in [-0.4, -0.2) is 34.4 Å². The summed E-state index contributed by atoms with van der Waals surface area (Å²) in [6, 6.07) is 10.9. The zero-order chi connectivity index (χ0) is 20.7. The van der Waals surface area contributed by atoms with Gasteiger partial charge in [0.25, 0.3) is 5.24 Å². The molecular formula is C20H14ClN7O2. The van der Waals surface area contributed by atoms with Gasteiger partial charge in [0.2, 0.25) is 0 Å². The molecule has 0 aliphatic carbocycles. The summed E-state index contributed by atoms with van der Waals surface area (Å²) in [5, 5.41) is 10.8. The van der Waals surface area contributed by atoms with Crippen molar-refractivity contribution in [2.24, 2.45) is 0 Å². The summed E-state index contributed by atoms with van der Waals surface area (Å²) in [6.45, 7) is 1.94. The van der Waals surface area contributed by atoms with Gasteiger partial charge in [0, 0.05) is 24.1 Å². The summed E-state index contributed by atoms with van der Waals surface area (Å²) in [6.07, 6.45) is 6.34. The quantitative estimate of drug-likeness (QED) is 0.430. The van der Waals surface area contributed by atoms with E-state index in [1.807, 2.05) is 37.3 Å². The Balaban J connectivity index is 1.43. The molecule has 9 nitrogen and oxygen atoms in total. The van der Waals surface area contributed by atoms with Crippen LogP contribution >= 0.6 is 11.6 Å². The van der Waals surface area contributed by atoms with E-state index in [2.05, 4.69) is 25.5 Å². The number of aromatic nitrogens is 6. The predicted molar refractivity (Wildman–Crippen MR) is 111 cm³/mol. The monoisotopic (exact) mass is 419 g/mol. The molecule has 5 aromatic rings. The first-order chi connectivity index (χ1) is 14.6. The lowest BCUT2D eigenvalue weighted by Crippen LogP contribution is -2.02. The zero-order valence-corrected chi connectivity index (χ0v) is 16.4. The number of ether oxygens (including phenoxy) is 1. The summed E-state index contributed by atoms with van der Waals surface area (Å²) in [7, 11) is 0. The SMILES string of the molecule is Cc1cc(Nc2ncnn3ccc(C(=O)Cl)c23)ccc1Oc1ccn2ncnc2c1. The van der Waals surface area contributed by atoms with E-state index in [-0.39, 0.29) is 0 Å². The van der Waals surface area contributed by atoms with E-state index >= 15 is 0 Å². The van der Waals surface area contributed by atoms with Gasteiger partial charge in [-0.05, 0) is 54.4 Å². The largest absolute Gasteiger partial charge is 0.457 e. The fourth-order valence-electron chi connectivity index (χ4n) is 3.17. The Morgan fingerprint density at radius 2 is 1.83 bits per heavy atom. The van der Waals surface area contributed by atoms with Crippen molar-refractivity contribution >= 4 is 39.5 Å². The molecule has 0 atom stereocenters. The number of pyridine rings is 1. The highest BCUT2D eigenvalue weighted by Gasteiger charge is 2.15. The Bertz CT molecular complexity index is 1410. The Morgan fingerprint density at radius 1 is 1.03 bits per heavy atom. The van der Waals surface area contributed by atoms with E-state index in [0.717, 1.165) is 11.3 Å². The first-order valence-corrected chi connectivity index (χ1v) is 9.33. The van der Waals surface area contributed by atoms with Gasteiger partial charge in [-0.2, -0.15) is 10.2 Å². The number of fused-ring (bicyclic) bond motifs is 2. The molecule has 148 valence electrons. The Morgan fingerprint density at radius 3 is 2.67 bits per heavy atom. The lowest BCUT2D eigenvalue weighted by molar-refractivity contribution is 0.108. The van der Waals surface area contributed by atoms with E-state index in [9.17, 15) is 4.79 Å². The zero-order valence-electron chi connectivity index (χ0n) is 15.7.